The Bertz CT molecular complexity index is 661. The number of piperidine rings is 1. The molecule has 0 spiro atoms. The van der Waals surface area contributed by atoms with Crippen LogP contribution in [0.3, 0.4) is 0 Å². The van der Waals surface area contributed by atoms with Crippen LogP contribution in [0.15, 0.2) is 17.0 Å². The van der Waals surface area contributed by atoms with Gasteiger partial charge in [0.25, 0.3) is 0 Å². The van der Waals surface area contributed by atoms with Crippen LogP contribution in [0.2, 0.25) is 0 Å². The maximum atomic E-state index is 12.6. The lowest BCUT2D eigenvalue weighted by atomic mass is 10.0. The zero-order chi connectivity index (χ0) is 17.7. The van der Waals surface area contributed by atoms with Gasteiger partial charge >= 0.3 is 0 Å². The van der Waals surface area contributed by atoms with Gasteiger partial charge in [-0.25, -0.2) is 13.1 Å². The van der Waals surface area contributed by atoms with Gasteiger partial charge in [0.1, 0.15) is 0 Å². The van der Waals surface area contributed by atoms with Crippen LogP contribution in [0.1, 0.15) is 25.3 Å². The predicted octanol–water partition coefficient (Wildman–Crippen LogP) is 2.02. The van der Waals surface area contributed by atoms with Crippen molar-refractivity contribution in [1.29, 1.82) is 0 Å². The van der Waals surface area contributed by atoms with Crippen LogP contribution in [0, 0.1) is 12.8 Å². The van der Waals surface area contributed by atoms with E-state index in [0.717, 1.165) is 19.6 Å². The summed E-state index contributed by atoms with van der Waals surface area (Å²) in [6.45, 7) is 7.21. The van der Waals surface area contributed by atoms with E-state index in [1.54, 1.807) is 13.0 Å². The molecule has 1 heterocycles. The second kappa shape index (κ2) is 8.18. The Morgan fingerprint density at radius 2 is 1.92 bits per heavy atom. The molecule has 0 radical (unpaired) electrons. The van der Waals surface area contributed by atoms with Gasteiger partial charge in [0.05, 0.1) is 19.1 Å². The van der Waals surface area contributed by atoms with Crippen LogP contribution < -0.4 is 14.2 Å². The summed E-state index contributed by atoms with van der Waals surface area (Å²) in [4.78, 5) is 2.55. The molecular formula is C17H28N2O4S. The van der Waals surface area contributed by atoms with Gasteiger partial charge in [-0.1, -0.05) is 6.92 Å². The second-order valence-corrected chi connectivity index (χ2v) is 8.15. The highest BCUT2D eigenvalue weighted by Crippen LogP contribution is 2.32. The van der Waals surface area contributed by atoms with Gasteiger partial charge in [-0.3, -0.25) is 0 Å². The normalized spacial score (nSPS) is 19.2. The number of rotatable bonds is 7. The fraction of sp³-hybridized carbons (Fsp3) is 0.647. The van der Waals surface area contributed by atoms with Crippen LogP contribution in [0.25, 0.3) is 0 Å². The predicted molar refractivity (Wildman–Crippen MR) is 94.3 cm³/mol. The molecule has 0 unspecified atom stereocenters. The van der Waals surface area contributed by atoms with Crippen molar-refractivity contribution in [3.8, 4) is 11.5 Å². The molecule has 1 N–H and O–H groups in total. The second-order valence-electron chi connectivity index (χ2n) is 6.42. The van der Waals surface area contributed by atoms with Gasteiger partial charge in [-0.15, -0.1) is 0 Å². The van der Waals surface area contributed by atoms with Gasteiger partial charge in [0, 0.05) is 25.7 Å². The summed E-state index contributed by atoms with van der Waals surface area (Å²) in [7, 11) is -0.549. The molecule has 1 aliphatic heterocycles. The molecule has 24 heavy (non-hydrogen) atoms. The minimum atomic E-state index is -3.58. The number of benzene rings is 1. The molecule has 136 valence electrons. The zero-order valence-electron chi connectivity index (χ0n) is 15.0. The lowest BCUT2D eigenvalue weighted by molar-refractivity contribution is 0.187. The van der Waals surface area contributed by atoms with Gasteiger partial charge < -0.3 is 14.4 Å². The highest BCUT2D eigenvalue weighted by molar-refractivity contribution is 7.89. The minimum absolute atomic E-state index is 0.229. The first kappa shape index (κ1) is 19.0. The molecule has 0 aromatic heterocycles. The van der Waals surface area contributed by atoms with Crippen molar-refractivity contribution in [1.82, 2.24) is 9.62 Å². The summed E-state index contributed by atoms with van der Waals surface area (Å²) in [5.41, 5.74) is 0.631. The third-order valence-corrected chi connectivity index (χ3v) is 6.03. The van der Waals surface area contributed by atoms with Crippen LogP contribution in [-0.4, -0.2) is 53.7 Å². The number of sulfonamides is 1. The van der Waals surface area contributed by atoms with Crippen LogP contribution in [-0.2, 0) is 10.0 Å². The summed E-state index contributed by atoms with van der Waals surface area (Å²) in [5.74, 6) is 1.62. The summed E-state index contributed by atoms with van der Waals surface area (Å²) >= 11 is 0. The monoisotopic (exact) mass is 356 g/mol. The number of likely N-dealkylation sites (tertiary alicyclic amines) is 1. The summed E-state index contributed by atoms with van der Waals surface area (Å²) in [5, 5.41) is 0. The number of ether oxygens (including phenoxy) is 2. The Morgan fingerprint density at radius 1 is 1.25 bits per heavy atom. The lowest BCUT2D eigenvalue weighted by Gasteiger charge is -2.30. The van der Waals surface area contributed by atoms with Crippen molar-refractivity contribution < 1.29 is 17.9 Å². The topological polar surface area (TPSA) is 67.9 Å². The quantitative estimate of drug-likeness (QED) is 0.810. The molecule has 1 aliphatic rings. The molecule has 1 saturated heterocycles. The average molecular weight is 356 g/mol. The molecule has 0 amide bonds. The fourth-order valence-electron chi connectivity index (χ4n) is 3.16. The number of methoxy groups -OCH3 is 2. The lowest BCUT2D eigenvalue weighted by Crippen LogP contribution is -2.40. The number of aryl methyl sites for hydroxylation is 1. The van der Waals surface area contributed by atoms with Gasteiger partial charge in [0.2, 0.25) is 10.0 Å². The van der Waals surface area contributed by atoms with E-state index >= 15 is 0 Å². The molecule has 0 aliphatic carbocycles. The van der Waals surface area contributed by atoms with Gasteiger partial charge in [-0.2, -0.15) is 0 Å². The molecule has 0 bridgehead atoms. The first-order valence-corrected chi connectivity index (χ1v) is 9.80. The van der Waals surface area contributed by atoms with Crippen molar-refractivity contribution in [3.63, 3.8) is 0 Å². The first-order valence-electron chi connectivity index (χ1n) is 8.32. The van der Waals surface area contributed by atoms with E-state index in [1.807, 2.05) is 0 Å². The minimum Gasteiger partial charge on any atom is -0.493 e. The maximum Gasteiger partial charge on any atom is 0.241 e. The van der Waals surface area contributed by atoms with E-state index in [9.17, 15) is 8.42 Å². The molecule has 1 fully saturated rings. The summed E-state index contributed by atoms with van der Waals surface area (Å²) < 4.78 is 38.3. The van der Waals surface area contributed by atoms with Crippen LogP contribution >= 0.6 is 0 Å². The largest absolute Gasteiger partial charge is 0.493 e. The van der Waals surface area contributed by atoms with Crippen LogP contribution in [0.4, 0.5) is 0 Å². The number of nitrogens with zero attached hydrogens (tertiary/aromatic N) is 1. The summed E-state index contributed by atoms with van der Waals surface area (Å²) in [6.07, 6.45) is 2.44. The van der Waals surface area contributed by atoms with E-state index in [-0.39, 0.29) is 4.90 Å². The third kappa shape index (κ3) is 4.62. The maximum absolute atomic E-state index is 12.6. The van der Waals surface area contributed by atoms with Crippen molar-refractivity contribution in [2.45, 2.75) is 31.6 Å². The van der Waals surface area contributed by atoms with E-state index in [0.29, 0.717) is 29.5 Å². The zero-order valence-corrected chi connectivity index (χ0v) is 15.8. The molecular weight excluding hydrogens is 328 g/mol. The Balaban J connectivity index is 2.04. The Hall–Kier alpha value is -1.31. The average Bonchev–Trinajstić information content (AvgIpc) is 2.54. The van der Waals surface area contributed by atoms with Crippen molar-refractivity contribution in [3.05, 3.63) is 17.7 Å². The number of nitrogens with one attached hydrogen (secondary N) is 1. The number of hydrogen-bond acceptors (Lipinski definition) is 5. The molecule has 6 nitrogen and oxygen atoms in total. The van der Waals surface area contributed by atoms with E-state index in [4.69, 9.17) is 9.47 Å². The SMILES string of the molecule is COc1cc(C)c(S(=O)(=O)NCCN2CCC[C@@H](C)C2)cc1OC. The highest BCUT2D eigenvalue weighted by Gasteiger charge is 2.21. The molecule has 1 aromatic rings. The van der Waals surface area contributed by atoms with Crippen molar-refractivity contribution in [2.24, 2.45) is 5.92 Å². The van der Waals surface area contributed by atoms with E-state index < -0.39 is 10.0 Å². The molecule has 2 rings (SSSR count). The highest BCUT2D eigenvalue weighted by atomic mass is 32.2. The van der Waals surface area contributed by atoms with Crippen LogP contribution in [0.5, 0.6) is 11.5 Å². The van der Waals surface area contributed by atoms with Gasteiger partial charge in [0.15, 0.2) is 11.5 Å². The Kier molecular flexibility index (Phi) is 6.48. The smallest absolute Gasteiger partial charge is 0.241 e. The molecule has 1 atom stereocenters. The molecule has 7 heteroatoms. The Labute approximate surface area is 145 Å². The van der Waals surface area contributed by atoms with Gasteiger partial charge in [-0.05, 0) is 43.9 Å². The van der Waals surface area contributed by atoms with E-state index in [1.165, 1.54) is 33.1 Å². The summed E-state index contributed by atoms with van der Waals surface area (Å²) in [6, 6.07) is 3.19. The fourth-order valence-corrected chi connectivity index (χ4v) is 4.42. The van der Waals surface area contributed by atoms with E-state index in [2.05, 4.69) is 16.5 Å². The standard InChI is InChI=1S/C17H28N2O4S/c1-13-6-5-8-19(12-13)9-7-18-24(20,21)17-11-16(23-4)15(22-3)10-14(17)2/h10-11,13,18H,5-9,12H2,1-4H3/t13-/m1/s1. The van der Waals surface area contributed by atoms with Crippen molar-refractivity contribution >= 4 is 10.0 Å². The third-order valence-electron chi connectivity index (χ3n) is 4.43. The molecule has 0 saturated carbocycles. The Morgan fingerprint density at radius 3 is 2.54 bits per heavy atom. The number of hydrogen-bond donors (Lipinski definition) is 1. The molecule has 1 aromatic carbocycles. The first-order chi connectivity index (χ1) is 11.4. The van der Waals surface area contributed by atoms with Crippen molar-refractivity contribution in [2.75, 3.05) is 40.4 Å².